The van der Waals surface area contributed by atoms with Crippen molar-refractivity contribution in [2.45, 2.75) is 38.5 Å². The van der Waals surface area contributed by atoms with Crippen molar-refractivity contribution in [3.63, 3.8) is 0 Å². The monoisotopic (exact) mass is 484 g/mol. The van der Waals surface area contributed by atoms with Gasteiger partial charge in [0.05, 0.1) is 23.7 Å². The van der Waals surface area contributed by atoms with Crippen LogP contribution in [0.25, 0.3) is 10.2 Å². The quantitative estimate of drug-likeness (QED) is 0.416. The van der Waals surface area contributed by atoms with E-state index in [1.54, 1.807) is 10.6 Å². The Morgan fingerprint density at radius 1 is 1.14 bits per heavy atom. The lowest BCUT2D eigenvalue weighted by Crippen LogP contribution is -2.45. The summed E-state index contributed by atoms with van der Waals surface area (Å²) in [5.74, 6) is 0.631. The Morgan fingerprint density at radius 3 is 2.74 bits per heavy atom. The molecule has 2 aromatic carbocycles. The first-order chi connectivity index (χ1) is 17.1. The highest BCUT2D eigenvalue weighted by atomic mass is 32.1. The first-order valence-corrected chi connectivity index (χ1v) is 12.7. The molecule has 0 spiro atoms. The van der Waals surface area contributed by atoms with E-state index in [9.17, 15) is 10.1 Å². The van der Waals surface area contributed by atoms with Crippen LogP contribution in [-0.4, -0.2) is 28.7 Å². The highest BCUT2D eigenvalue weighted by molar-refractivity contribution is 7.18. The molecule has 2 aromatic heterocycles. The van der Waals surface area contributed by atoms with Crippen molar-refractivity contribution >= 4 is 27.5 Å². The normalized spacial score (nSPS) is 15.9. The molecule has 0 saturated carbocycles. The fourth-order valence-corrected chi connectivity index (χ4v) is 5.59. The zero-order valence-corrected chi connectivity index (χ0v) is 20.3. The van der Waals surface area contributed by atoms with Gasteiger partial charge in [0.1, 0.15) is 4.70 Å². The lowest BCUT2D eigenvalue weighted by atomic mass is 10.1. The standard InChI is InChI=1S/C27H28N6OS/c28-14-20-9-4-5-10-21(20)17-33-26(34)25-24(31-27(33)32-12-6-11-22(29)18-32)13-23(35-25)16-30-15-19-7-2-1-3-8-19/h1-5,7-10,13,22,30H,6,11-12,15-18,29H2/t22-/m1/s1. The van der Waals surface area contributed by atoms with Gasteiger partial charge < -0.3 is 16.0 Å². The summed E-state index contributed by atoms with van der Waals surface area (Å²) in [5, 5.41) is 13.0. The lowest BCUT2D eigenvalue weighted by molar-refractivity contribution is 0.492. The minimum Gasteiger partial charge on any atom is -0.341 e. The molecule has 0 radical (unpaired) electrons. The van der Waals surface area contributed by atoms with Gasteiger partial charge in [-0.2, -0.15) is 5.26 Å². The molecule has 0 unspecified atom stereocenters. The number of benzene rings is 2. The van der Waals surface area contributed by atoms with Crippen molar-refractivity contribution in [3.8, 4) is 6.07 Å². The molecule has 1 aliphatic rings. The van der Waals surface area contributed by atoms with Crippen LogP contribution in [0.15, 0.2) is 65.5 Å². The number of rotatable bonds is 7. The molecule has 3 heterocycles. The van der Waals surface area contributed by atoms with E-state index < -0.39 is 0 Å². The third-order valence-corrected chi connectivity index (χ3v) is 7.46. The van der Waals surface area contributed by atoms with Crippen LogP contribution in [0.5, 0.6) is 0 Å². The molecule has 1 aliphatic heterocycles. The number of aromatic nitrogens is 2. The van der Waals surface area contributed by atoms with Gasteiger partial charge in [-0.05, 0) is 36.1 Å². The summed E-state index contributed by atoms with van der Waals surface area (Å²) in [7, 11) is 0. The number of anilines is 1. The van der Waals surface area contributed by atoms with Gasteiger partial charge in [-0.25, -0.2) is 4.98 Å². The van der Waals surface area contributed by atoms with Crippen LogP contribution in [0, 0.1) is 11.3 Å². The number of thiophene rings is 1. The highest BCUT2D eigenvalue weighted by Crippen LogP contribution is 2.26. The summed E-state index contributed by atoms with van der Waals surface area (Å²) in [6, 6.07) is 22.0. The van der Waals surface area contributed by atoms with Gasteiger partial charge in [-0.3, -0.25) is 9.36 Å². The zero-order chi connectivity index (χ0) is 24.2. The van der Waals surface area contributed by atoms with Gasteiger partial charge in [-0.1, -0.05) is 48.5 Å². The summed E-state index contributed by atoms with van der Waals surface area (Å²) in [6.45, 7) is 3.19. The van der Waals surface area contributed by atoms with E-state index in [2.05, 4.69) is 28.4 Å². The number of nitrogens with two attached hydrogens (primary N) is 1. The smallest absolute Gasteiger partial charge is 0.273 e. The van der Waals surface area contributed by atoms with Gasteiger partial charge in [0.2, 0.25) is 5.95 Å². The molecule has 1 fully saturated rings. The first kappa shape index (κ1) is 23.2. The Balaban J connectivity index is 1.50. The Bertz CT molecular complexity index is 1420. The molecule has 178 valence electrons. The second kappa shape index (κ2) is 10.4. The number of hydrogen-bond donors (Lipinski definition) is 2. The number of nitrogens with one attached hydrogen (secondary N) is 1. The van der Waals surface area contributed by atoms with Crippen molar-refractivity contribution in [2.75, 3.05) is 18.0 Å². The van der Waals surface area contributed by atoms with Gasteiger partial charge in [0, 0.05) is 37.1 Å². The summed E-state index contributed by atoms with van der Waals surface area (Å²) in [4.78, 5) is 21.9. The SMILES string of the molecule is N#Cc1ccccc1Cn1c(N2CCC[C@@H](N)C2)nc2cc(CNCc3ccccc3)sc2c1=O. The van der Waals surface area contributed by atoms with Crippen LogP contribution in [0.4, 0.5) is 5.95 Å². The molecule has 1 saturated heterocycles. The summed E-state index contributed by atoms with van der Waals surface area (Å²) >= 11 is 1.48. The minimum absolute atomic E-state index is 0.0522. The molecule has 5 rings (SSSR count). The largest absolute Gasteiger partial charge is 0.341 e. The maximum Gasteiger partial charge on any atom is 0.273 e. The summed E-state index contributed by atoms with van der Waals surface area (Å²) in [6.07, 6.45) is 1.93. The summed E-state index contributed by atoms with van der Waals surface area (Å²) in [5.41, 5.74) is 9.50. The Morgan fingerprint density at radius 2 is 1.94 bits per heavy atom. The molecule has 4 aromatic rings. The Labute approximate surface area is 208 Å². The maximum atomic E-state index is 13.8. The van der Waals surface area contributed by atoms with Crippen molar-refractivity contribution in [1.29, 1.82) is 5.26 Å². The molecule has 0 bridgehead atoms. The van der Waals surface area contributed by atoms with E-state index >= 15 is 0 Å². The van der Waals surface area contributed by atoms with Gasteiger partial charge in [-0.15, -0.1) is 11.3 Å². The highest BCUT2D eigenvalue weighted by Gasteiger charge is 2.24. The second-order valence-corrected chi connectivity index (χ2v) is 10.1. The molecule has 0 aliphatic carbocycles. The van der Waals surface area contributed by atoms with Gasteiger partial charge in [0.25, 0.3) is 5.56 Å². The average molecular weight is 485 g/mol. The number of piperidine rings is 1. The fourth-order valence-electron chi connectivity index (χ4n) is 4.57. The predicted molar refractivity (Wildman–Crippen MR) is 141 cm³/mol. The van der Waals surface area contributed by atoms with Crippen molar-refractivity contribution in [1.82, 2.24) is 14.9 Å². The van der Waals surface area contributed by atoms with E-state index in [-0.39, 0.29) is 11.6 Å². The third kappa shape index (κ3) is 5.13. The van der Waals surface area contributed by atoms with Crippen molar-refractivity contribution in [2.24, 2.45) is 5.73 Å². The number of nitrogens with zero attached hydrogens (tertiary/aromatic N) is 4. The van der Waals surface area contributed by atoms with Crippen LogP contribution >= 0.6 is 11.3 Å². The van der Waals surface area contributed by atoms with Crippen LogP contribution in [-0.2, 0) is 19.6 Å². The zero-order valence-electron chi connectivity index (χ0n) is 19.5. The molecule has 8 heteroatoms. The van der Waals surface area contributed by atoms with Crippen LogP contribution in [0.3, 0.4) is 0 Å². The maximum absolute atomic E-state index is 13.8. The fraction of sp³-hybridized carbons (Fsp3) is 0.296. The molecular weight excluding hydrogens is 456 g/mol. The van der Waals surface area contributed by atoms with E-state index in [1.807, 2.05) is 42.5 Å². The molecule has 3 N–H and O–H groups in total. The van der Waals surface area contributed by atoms with E-state index in [0.29, 0.717) is 35.8 Å². The minimum atomic E-state index is -0.0730. The Kier molecular flexibility index (Phi) is 6.91. The van der Waals surface area contributed by atoms with Crippen molar-refractivity contribution in [3.05, 3.63) is 92.6 Å². The average Bonchev–Trinajstić information content (AvgIpc) is 3.30. The number of hydrogen-bond acceptors (Lipinski definition) is 7. The van der Waals surface area contributed by atoms with E-state index in [1.165, 1.54) is 16.9 Å². The lowest BCUT2D eigenvalue weighted by Gasteiger charge is -2.33. The molecule has 7 nitrogen and oxygen atoms in total. The molecule has 35 heavy (non-hydrogen) atoms. The number of nitriles is 1. The molecular formula is C27H28N6OS. The first-order valence-electron chi connectivity index (χ1n) is 11.9. The van der Waals surface area contributed by atoms with Crippen molar-refractivity contribution < 1.29 is 0 Å². The Hall–Kier alpha value is -3.51. The summed E-state index contributed by atoms with van der Waals surface area (Å²) < 4.78 is 2.36. The molecule has 1 atom stereocenters. The van der Waals surface area contributed by atoms with E-state index in [0.717, 1.165) is 41.9 Å². The topological polar surface area (TPSA) is 100.0 Å². The van der Waals surface area contributed by atoms with Crippen LogP contribution < -0.4 is 21.5 Å². The molecule has 0 amide bonds. The third-order valence-electron chi connectivity index (χ3n) is 6.34. The number of fused-ring (bicyclic) bond motifs is 1. The van der Waals surface area contributed by atoms with Gasteiger partial charge in [0.15, 0.2) is 0 Å². The van der Waals surface area contributed by atoms with Gasteiger partial charge >= 0.3 is 0 Å². The predicted octanol–water partition coefficient (Wildman–Crippen LogP) is 3.60. The van der Waals surface area contributed by atoms with Crippen LogP contribution in [0.2, 0.25) is 0 Å². The van der Waals surface area contributed by atoms with E-state index in [4.69, 9.17) is 10.7 Å². The van der Waals surface area contributed by atoms with Crippen LogP contribution in [0.1, 0.15) is 34.4 Å². The second-order valence-electron chi connectivity index (χ2n) is 8.94.